The van der Waals surface area contributed by atoms with Crippen LogP contribution in [-0.4, -0.2) is 18.0 Å². The largest absolute Gasteiger partial charge is 0.497 e. The minimum absolute atomic E-state index is 0.0155. The first-order chi connectivity index (χ1) is 12.1. The summed E-state index contributed by atoms with van der Waals surface area (Å²) >= 11 is 1.60. The zero-order valence-corrected chi connectivity index (χ0v) is 15.3. The van der Waals surface area contributed by atoms with Gasteiger partial charge in [-0.2, -0.15) is 0 Å². The van der Waals surface area contributed by atoms with E-state index in [4.69, 9.17) is 9.72 Å². The number of carbonyl (C=O) groups is 1. The van der Waals surface area contributed by atoms with Crippen molar-refractivity contribution in [2.45, 2.75) is 13.8 Å². The number of hydrogen-bond acceptors (Lipinski definition) is 4. The zero-order valence-electron chi connectivity index (χ0n) is 14.4. The lowest BCUT2D eigenvalue weighted by molar-refractivity contribution is -0.118. The smallest absolute Gasteiger partial charge is 0.226 e. The van der Waals surface area contributed by atoms with Crippen molar-refractivity contribution in [1.82, 2.24) is 4.98 Å². The molecule has 3 rings (SSSR count). The van der Waals surface area contributed by atoms with E-state index in [9.17, 15) is 4.79 Å². The lowest BCUT2D eigenvalue weighted by Crippen LogP contribution is -2.17. The van der Waals surface area contributed by atoms with E-state index < -0.39 is 0 Å². The normalized spacial score (nSPS) is 10.7. The van der Waals surface area contributed by atoms with Crippen LogP contribution in [0.25, 0.3) is 21.8 Å². The van der Waals surface area contributed by atoms with E-state index in [1.807, 2.05) is 67.8 Å². The molecule has 0 bridgehead atoms. The quantitative estimate of drug-likeness (QED) is 0.696. The minimum atomic E-state index is -0.0383. The maximum absolute atomic E-state index is 11.7. The van der Waals surface area contributed by atoms with Crippen LogP contribution in [0.2, 0.25) is 0 Å². The topological polar surface area (TPSA) is 51.2 Å². The fourth-order valence-electron chi connectivity index (χ4n) is 2.31. The van der Waals surface area contributed by atoms with Gasteiger partial charge in [-0.25, -0.2) is 4.98 Å². The highest BCUT2D eigenvalue weighted by molar-refractivity contribution is 7.13. The number of benzene rings is 2. The summed E-state index contributed by atoms with van der Waals surface area (Å²) in [5, 5.41) is 5.88. The summed E-state index contributed by atoms with van der Waals surface area (Å²) in [6.45, 7) is 3.75. The molecule has 0 radical (unpaired) electrons. The SMILES string of the molecule is COc1cccc(-c2nc(-c3ccc(NC(=O)C(C)C)cc3)cs2)c1. The standard InChI is InChI=1S/C20H20N2O2S/c1-13(2)19(23)21-16-9-7-14(8-10-16)18-12-25-20(22-18)15-5-4-6-17(11-15)24-3/h4-13H,1-3H3,(H,21,23). The van der Waals surface area contributed by atoms with E-state index in [1.165, 1.54) is 0 Å². The monoisotopic (exact) mass is 352 g/mol. The van der Waals surface area contributed by atoms with Crippen molar-refractivity contribution < 1.29 is 9.53 Å². The van der Waals surface area contributed by atoms with Gasteiger partial charge in [-0.05, 0) is 24.3 Å². The van der Waals surface area contributed by atoms with Crippen LogP contribution in [0.1, 0.15) is 13.8 Å². The Morgan fingerprint density at radius 3 is 2.56 bits per heavy atom. The Morgan fingerprint density at radius 2 is 1.88 bits per heavy atom. The van der Waals surface area contributed by atoms with Crippen LogP contribution in [0.15, 0.2) is 53.9 Å². The van der Waals surface area contributed by atoms with Gasteiger partial charge < -0.3 is 10.1 Å². The molecule has 1 N–H and O–H groups in total. The van der Waals surface area contributed by atoms with E-state index in [0.29, 0.717) is 0 Å². The number of carbonyl (C=O) groups excluding carboxylic acids is 1. The number of anilines is 1. The first-order valence-corrected chi connectivity index (χ1v) is 8.96. The molecule has 128 valence electrons. The van der Waals surface area contributed by atoms with Crippen LogP contribution in [0.5, 0.6) is 5.75 Å². The van der Waals surface area contributed by atoms with Crippen molar-refractivity contribution >= 4 is 22.9 Å². The molecular formula is C20H20N2O2S. The summed E-state index contributed by atoms with van der Waals surface area (Å²) in [5.74, 6) is 0.796. The average Bonchev–Trinajstić information content (AvgIpc) is 3.12. The van der Waals surface area contributed by atoms with Gasteiger partial charge in [-0.15, -0.1) is 11.3 Å². The van der Waals surface area contributed by atoms with Crippen molar-refractivity contribution in [2.75, 3.05) is 12.4 Å². The number of aromatic nitrogens is 1. The number of methoxy groups -OCH3 is 1. The number of nitrogens with zero attached hydrogens (tertiary/aromatic N) is 1. The molecule has 1 heterocycles. The summed E-state index contributed by atoms with van der Waals surface area (Å²) in [5.41, 5.74) is 3.78. The van der Waals surface area contributed by atoms with Crippen LogP contribution in [0, 0.1) is 5.92 Å². The fourth-order valence-corrected chi connectivity index (χ4v) is 3.13. The van der Waals surface area contributed by atoms with Crippen molar-refractivity contribution in [3.05, 3.63) is 53.9 Å². The van der Waals surface area contributed by atoms with Gasteiger partial charge in [0, 0.05) is 28.1 Å². The molecule has 2 aromatic carbocycles. The first-order valence-electron chi connectivity index (χ1n) is 8.08. The first kappa shape index (κ1) is 17.2. The molecule has 25 heavy (non-hydrogen) atoms. The molecule has 0 spiro atoms. The molecular weight excluding hydrogens is 332 g/mol. The Labute approximate surface area is 151 Å². The van der Waals surface area contributed by atoms with Crippen molar-refractivity contribution in [3.63, 3.8) is 0 Å². The van der Waals surface area contributed by atoms with Crippen LogP contribution in [-0.2, 0) is 4.79 Å². The average molecular weight is 352 g/mol. The van der Waals surface area contributed by atoms with Crippen molar-refractivity contribution in [3.8, 4) is 27.6 Å². The molecule has 1 aromatic heterocycles. The fraction of sp³-hybridized carbons (Fsp3) is 0.200. The highest BCUT2D eigenvalue weighted by atomic mass is 32.1. The van der Waals surface area contributed by atoms with E-state index in [2.05, 4.69) is 5.32 Å². The van der Waals surface area contributed by atoms with Gasteiger partial charge in [0.05, 0.1) is 12.8 Å². The second kappa shape index (κ2) is 7.49. The molecule has 4 nitrogen and oxygen atoms in total. The van der Waals surface area contributed by atoms with Crippen molar-refractivity contribution in [2.24, 2.45) is 5.92 Å². The number of nitrogens with one attached hydrogen (secondary N) is 1. The molecule has 0 saturated carbocycles. The third kappa shape index (κ3) is 4.06. The molecule has 0 atom stereocenters. The molecule has 0 saturated heterocycles. The summed E-state index contributed by atoms with van der Waals surface area (Å²) < 4.78 is 5.27. The van der Waals surface area contributed by atoms with Gasteiger partial charge in [-0.3, -0.25) is 4.79 Å². The predicted molar refractivity (Wildman–Crippen MR) is 103 cm³/mol. The van der Waals surface area contributed by atoms with E-state index in [0.717, 1.165) is 33.3 Å². The van der Waals surface area contributed by atoms with E-state index >= 15 is 0 Å². The Balaban J connectivity index is 1.79. The second-order valence-electron chi connectivity index (χ2n) is 5.99. The van der Waals surface area contributed by atoms with Gasteiger partial charge in [0.15, 0.2) is 0 Å². The van der Waals surface area contributed by atoms with E-state index in [-0.39, 0.29) is 11.8 Å². The molecule has 3 aromatic rings. The highest BCUT2D eigenvalue weighted by Gasteiger charge is 2.09. The molecule has 5 heteroatoms. The maximum atomic E-state index is 11.7. The predicted octanol–water partition coefficient (Wildman–Crippen LogP) is 5.08. The van der Waals surface area contributed by atoms with Gasteiger partial charge >= 0.3 is 0 Å². The number of thiazole rings is 1. The number of ether oxygens (including phenoxy) is 1. The molecule has 0 aliphatic rings. The Bertz CT molecular complexity index is 869. The Hall–Kier alpha value is -2.66. The summed E-state index contributed by atoms with van der Waals surface area (Å²) in [6, 6.07) is 15.6. The molecule has 0 fully saturated rings. The molecule has 1 amide bonds. The maximum Gasteiger partial charge on any atom is 0.226 e. The molecule has 0 aliphatic carbocycles. The minimum Gasteiger partial charge on any atom is -0.497 e. The lowest BCUT2D eigenvalue weighted by atomic mass is 10.1. The van der Waals surface area contributed by atoms with Gasteiger partial charge in [-0.1, -0.05) is 38.1 Å². The van der Waals surface area contributed by atoms with Gasteiger partial charge in [0.25, 0.3) is 0 Å². The van der Waals surface area contributed by atoms with Crippen LogP contribution in [0.4, 0.5) is 5.69 Å². The van der Waals surface area contributed by atoms with Gasteiger partial charge in [0.1, 0.15) is 10.8 Å². The second-order valence-corrected chi connectivity index (χ2v) is 6.85. The van der Waals surface area contributed by atoms with Gasteiger partial charge in [0.2, 0.25) is 5.91 Å². The summed E-state index contributed by atoms with van der Waals surface area (Å²) in [6.07, 6.45) is 0. The lowest BCUT2D eigenvalue weighted by Gasteiger charge is -2.07. The number of hydrogen-bond donors (Lipinski definition) is 1. The third-order valence-corrected chi connectivity index (χ3v) is 4.68. The van der Waals surface area contributed by atoms with Crippen LogP contribution in [0.3, 0.4) is 0 Å². The van der Waals surface area contributed by atoms with Crippen molar-refractivity contribution in [1.29, 1.82) is 0 Å². The Kier molecular flexibility index (Phi) is 5.14. The van der Waals surface area contributed by atoms with Crippen LogP contribution < -0.4 is 10.1 Å². The van der Waals surface area contributed by atoms with Crippen LogP contribution >= 0.6 is 11.3 Å². The van der Waals surface area contributed by atoms with E-state index in [1.54, 1.807) is 18.4 Å². The zero-order chi connectivity index (χ0) is 17.8. The summed E-state index contributed by atoms with van der Waals surface area (Å²) in [7, 11) is 1.66. The summed E-state index contributed by atoms with van der Waals surface area (Å²) in [4.78, 5) is 16.5. The number of amides is 1. The number of rotatable bonds is 5. The Morgan fingerprint density at radius 1 is 1.12 bits per heavy atom. The highest BCUT2D eigenvalue weighted by Crippen LogP contribution is 2.31. The molecule has 0 aliphatic heterocycles. The molecule has 0 unspecified atom stereocenters. The third-order valence-electron chi connectivity index (χ3n) is 3.79.